The van der Waals surface area contributed by atoms with Crippen molar-refractivity contribution in [3.05, 3.63) is 53.7 Å². The second-order valence-corrected chi connectivity index (χ2v) is 3.82. The van der Waals surface area contributed by atoms with E-state index in [1.165, 1.54) is 12.1 Å². The molecule has 0 atom stereocenters. The summed E-state index contributed by atoms with van der Waals surface area (Å²) in [7, 11) is 0. The average Bonchev–Trinajstić information content (AvgIpc) is 2.85. The molecule has 2 rings (SSSR count). The summed E-state index contributed by atoms with van der Waals surface area (Å²) in [6.45, 7) is 0.429. The Balaban J connectivity index is 1.89. The normalized spacial score (nSPS) is 10.3. The Hall–Kier alpha value is -2.30. The number of nitrogens with one attached hydrogen (secondary N) is 1. The maximum Gasteiger partial charge on any atom is 0.251 e. The maximum atomic E-state index is 13.2. The predicted octanol–water partition coefficient (Wildman–Crippen LogP) is 1.97. The fraction of sp³-hybridized carbons (Fsp3) is 0.154. The molecule has 4 nitrogen and oxygen atoms in total. The van der Waals surface area contributed by atoms with E-state index in [0.29, 0.717) is 13.0 Å². The first-order chi connectivity index (χ1) is 8.66. The molecule has 0 bridgehead atoms. The van der Waals surface area contributed by atoms with Crippen LogP contribution in [0.5, 0.6) is 0 Å². The van der Waals surface area contributed by atoms with Crippen molar-refractivity contribution in [3.63, 3.8) is 0 Å². The number of hydrogen-bond acceptors (Lipinski definition) is 3. The van der Waals surface area contributed by atoms with E-state index in [0.717, 1.165) is 11.8 Å². The van der Waals surface area contributed by atoms with Crippen LogP contribution < -0.4 is 11.1 Å². The SMILES string of the molecule is Nc1ccc(C(=O)NCCc2ccco2)cc1F. The molecule has 3 N–H and O–H groups in total. The lowest BCUT2D eigenvalue weighted by molar-refractivity contribution is 0.0953. The van der Waals surface area contributed by atoms with Crippen molar-refractivity contribution in [2.24, 2.45) is 0 Å². The van der Waals surface area contributed by atoms with Gasteiger partial charge in [0.05, 0.1) is 12.0 Å². The zero-order chi connectivity index (χ0) is 13.0. The van der Waals surface area contributed by atoms with Crippen molar-refractivity contribution >= 4 is 11.6 Å². The number of halogens is 1. The fourth-order valence-electron chi connectivity index (χ4n) is 1.52. The number of carbonyl (C=O) groups is 1. The van der Waals surface area contributed by atoms with E-state index in [9.17, 15) is 9.18 Å². The van der Waals surface area contributed by atoms with Gasteiger partial charge in [-0.3, -0.25) is 4.79 Å². The summed E-state index contributed by atoms with van der Waals surface area (Å²) in [5.41, 5.74) is 5.61. The van der Waals surface area contributed by atoms with E-state index in [1.807, 2.05) is 6.07 Å². The molecule has 1 aromatic heterocycles. The molecule has 94 valence electrons. The highest BCUT2D eigenvalue weighted by atomic mass is 19.1. The topological polar surface area (TPSA) is 68.3 Å². The summed E-state index contributed by atoms with van der Waals surface area (Å²) in [6, 6.07) is 7.59. The molecular weight excluding hydrogens is 235 g/mol. The van der Waals surface area contributed by atoms with Crippen molar-refractivity contribution < 1.29 is 13.6 Å². The Morgan fingerprint density at radius 2 is 2.22 bits per heavy atom. The quantitative estimate of drug-likeness (QED) is 0.813. The van der Waals surface area contributed by atoms with Crippen LogP contribution in [0.2, 0.25) is 0 Å². The molecule has 1 amide bonds. The van der Waals surface area contributed by atoms with Gasteiger partial charge in [-0.25, -0.2) is 4.39 Å². The number of hydrogen-bond donors (Lipinski definition) is 2. The minimum atomic E-state index is -0.589. The number of furan rings is 1. The highest BCUT2D eigenvalue weighted by Crippen LogP contribution is 2.11. The van der Waals surface area contributed by atoms with E-state index in [-0.39, 0.29) is 17.2 Å². The number of carbonyl (C=O) groups excluding carboxylic acids is 1. The third-order valence-corrected chi connectivity index (χ3v) is 2.50. The number of nitrogen functional groups attached to an aromatic ring is 1. The third kappa shape index (κ3) is 2.88. The first-order valence-corrected chi connectivity index (χ1v) is 5.52. The van der Waals surface area contributed by atoms with Crippen LogP contribution in [0, 0.1) is 5.82 Å². The van der Waals surface area contributed by atoms with Gasteiger partial charge < -0.3 is 15.5 Å². The van der Waals surface area contributed by atoms with Gasteiger partial charge in [-0.05, 0) is 30.3 Å². The Kier molecular flexibility index (Phi) is 3.62. The summed E-state index contributed by atoms with van der Waals surface area (Å²) < 4.78 is 18.3. The number of nitrogens with two attached hydrogens (primary N) is 1. The summed E-state index contributed by atoms with van der Waals surface area (Å²) in [5, 5.41) is 2.68. The molecule has 5 heteroatoms. The van der Waals surface area contributed by atoms with Crippen molar-refractivity contribution in [1.82, 2.24) is 5.32 Å². The Labute approximate surface area is 104 Å². The van der Waals surface area contributed by atoms with Gasteiger partial charge in [-0.15, -0.1) is 0 Å². The molecule has 0 unspecified atom stereocenters. The molecular formula is C13H13FN2O2. The molecule has 0 saturated heterocycles. The molecule has 0 radical (unpaired) electrons. The monoisotopic (exact) mass is 248 g/mol. The smallest absolute Gasteiger partial charge is 0.251 e. The van der Waals surface area contributed by atoms with E-state index >= 15 is 0 Å². The van der Waals surface area contributed by atoms with Crippen molar-refractivity contribution in [2.45, 2.75) is 6.42 Å². The van der Waals surface area contributed by atoms with Crippen LogP contribution in [0.3, 0.4) is 0 Å². The predicted molar refractivity (Wildman–Crippen MR) is 65.6 cm³/mol. The highest BCUT2D eigenvalue weighted by Gasteiger charge is 2.08. The Morgan fingerprint density at radius 3 is 2.89 bits per heavy atom. The molecule has 0 aliphatic heterocycles. The average molecular weight is 248 g/mol. The summed E-state index contributed by atoms with van der Waals surface area (Å²) in [5.74, 6) is -0.132. The summed E-state index contributed by atoms with van der Waals surface area (Å²) >= 11 is 0. The van der Waals surface area contributed by atoms with Crippen molar-refractivity contribution in [3.8, 4) is 0 Å². The molecule has 0 fully saturated rings. The van der Waals surface area contributed by atoms with Crippen LogP contribution in [0.25, 0.3) is 0 Å². The van der Waals surface area contributed by atoms with Gasteiger partial charge in [-0.1, -0.05) is 0 Å². The van der Waals surface area contributed by atoms with Gasteiger partial charge in [0, 0.05) is 18.5 Å². The number of anilines is 1. The second-order valence-electron chi connectivity index (χ2n) is 3.82. The molecule has 0 aliphatic rings. The van der Waals surface area contributed by atoms with Crippen LogP contribution in [0.15, 0.2) is 41.0 Å². The van der Waals surface area contributed by atoms with Gasteiger partial charge in [-0.2, -0.15) is 0 Å². The van der Waals surface area contributed by atoms with Crippen LogP contribution >= 0.6 is 0 Å². The Bertz CT molecular complexity index is 538. The second kappa shape index (κ2) is 5.35. The van der Waals surface area contributed by atoms with Gasteiger partial charge >= 0.3 is 0 Å². The van der Waals surface area contributed by atoms with Crippen LogP contribution in [-0.2, 0) is 6.42 Å². The maximum absolute atomic E-state index is 13.2. The number of amides is 1. The molecule has 0 saturated carbocycles. The first-order valence-electron chi connectivity index (χ1n) is 5.52. The van der Waals surface area contributed by atoms with Gasteiger partial charge in [0.2, 0.25) is 0 Å². The van der Waals surface area contributed by atoms with Crippen LogP contribution in [0.4, 0.5) is 10.1 Å². The molecule has 1 heterocycles. The van der Waals surface area contributed by atoms with E-state index in [4.69, 9.17) is 10.2 Å². The summed E-state index contributed by atoms with van der Waals surface area (Å²) in [4.78, 5) is 11.7. The molecule has 0 spiro atoms. The van der Waals surface area contributed by atoms with Gasteiger partial charge in [0.15, 0.2) is 0 Å². The lowest BCUT2D eigenvalue weighted by Gasteiger charge is -2.05. The van der Waals surface area contributed by atoms with E-state index in [1.54, 1.807) is 12.3 Å². The zero-order valence-electron chi connectivity index (χ0n) is 9.65. The molecule has 18 heavy (non-hydrogen) atoms. The number of rotatable bonds is 4. The third-order valence-electron chi connectivity index (χ3n) is 2.50. The first kappa shape index (κ1) is 12.2. The largest absolute Gasteiger partial charge is 0.469 e. The van der Waals surface area contributed by atoms with E-state index in [2.05, 4.69) is 5.32 Å². The van der Waals surface area contributed by atoms with Gasteiger partial charge in [0.1, 0.15) is 11.6 Å². The standard InChI is InChI=1S/C13H13FN2O2/c14-11-8-9(3-4-12(11)15)13(17)16-6-5-10-2-1-7-18-10/h1-4,7-8H,5-6,15H2,(H,16,17). The highest BCUT2D eigenvalue weighted by molar-refractivity contribution is 5.94. The van der Waals surface area contributed by atoms with Crippen molar-refractivity contribution in [2.75, 3.05) is 12.3 Å². The lowest BCUT2D eigenvalue weighted by Crippen LogP contribution is -2.25. The minimum absolute atomic E-state index is 0.0298. The van der Waals surface area contributed by atoms with Crippen molar-refractivity contribution in [1.29, 1.82) is 0 Å². The lowest BCUT2D eigenvalue weighted by atomic mass is 10.2. The minimum Gasteiger partial charge on any atom is -0.469 e. The van der Waals surface area contributed by atoms with Crippen LogP contribution in [-0.4, -0.2) is 12.5 Å². The molecule has 2 aromatic rings. The van der Waals surface area contributed by atoms with Crippen LogP contribution in [0.1, 0.15) is 16.1 Å². The zero-order valence-corrected chi connectivity index (χ0v) is 9.65. The molecule has 1 aromatic carbocycles. The summed E-state index contributed by atoms with van der Waals surface area (Å²) in [6.07, 6.45) is 2.17. The van der Waals surface area contributed by atoms with Gasteiger partial charge in [0.25, 0.3) is 5.91 Å². The fourth-order valence-corrected chi connectivity index (χ4v) is 1.52. The Morgan fingerprint density at radius 1 is 1.39 bits per heavy atom. The molecule has 0 aliphatic carbocycles. The number of benzene rings is 1. The van der Waals surface area contributed by atoms with E-state index < -0.39 is 5.82 Å².